The van der Waals surface area contributed by atoms with Crippen LogP contribution < -0.4 is 0 Å². The third-order valence-electron chi connectivity index (χ3n) is 3.92. The van der Waals surface area contributed by atoms with Crippen LogP contribution >= 0.6 is 0 Å². The highest BCUT2D eigenvalue weighted by atomic mass is 16.4. The highest BCUT2D eigenvalue weighted by Crippen LogP contribution is 2.12. The van der Waals surface area contributed by atoms with Gasteiger partial charge in [-0.25, -0.2) is 0 Å². The lowest BCUT2D eigenvalue weighted by Gasteiger charge is -2.15. The first-order chi connectivity index (χ1) is 11.0. The molecule has 0 saturated carbocycles. The molecule has 0 aliphatic carbocycles. The van der Waals surface area contributed by atoms with Crippen molar-refractivity contribution in [3.05, 3.63) is 12.2 Å². The maximum atomic E-state index is 10.4. The van der Waals surface area contributed by atoms with Gasteiger partial charge < -0.3 is 20.4 Å². The summed E-state index contributed by atoms with van der Waals surface area (Å²) in [7, 11) is 0. The Kier molecular flexibility index (Phi) is 14.1. The van der Waals surface area contributed by atoms with Crippen molar-refractivity contribution < 1.29 is 25.2 Å². The second kappa shape index (κ2) is 14.7. The zero-order valence-corrected chi connectivity index (χ0v) is 14.4. The van der Waals surface area contributed by atoms with E-state index in [0.29, 0.717) is 25.7 Å². The molecule has 5 heteroatoms. The minimum Gasteiger partial charge on any atom is -0.481 e. The fourth-order valence-corrected chi connectivity index (χ4v) is 2.40. The Labute approximate surface area is 140 Å². The fraction of sp³-hybridized carbons (Fsp3) is 0.833. The maximum absolute atomic E-state index is 10.4. The molecule has 23 heavy (non-hydrogen) atoms. The molecule has 0 saturated heterocycles. The predicted molar refractivity (Wildman–Crippen MR) is 91.3 cm³/mol. The van der Waals surface area contributed by atoms with Crippen molar-refractivity contribution in [2.75, 3.05) is 0 Å². The number of aliphatic hydroxyl groups excluding tert-OH is 3. The van der Waals surface area contributed by atoms with E-state index in [1.807, 2.05) is 0 Å². The number of hydrogen-bond donors (Lipinski definition) is 4. The number of aliphatic hydroxyl groups is 3. The lowest BCUT2D eigenvalue weighted by molar-refractivity contribution is -0.137. The second-order valence-corrected chi connectivity index (χ2v) is 6.21. The van der Waals surface area contributed by atoms with E-state index in [1.165, 1.54) is 37.8 Å². The molecule has 0 aromatic carbocycles. The van der Waals surface area contributed by atoms with Crippen molar-refractivity contribution in [2.24, 2.45) is 0 Å². The topological polar surface area (TPSA) is 98.0 Å². The number of hydrogen-bond acceptors (Lipinski definition) is 4. The van der Waals surface area contributed by atoms with Gasteiger partial charge in [0.2, 0.25) is 0 Å². The van der Waals surface area contributed by atoms with E-state index >= 15 is 0 Å². The van der Waals surface area contributed by atoms with Gasteiger partial charge in [0.1, 0.15) is 0 Å². The normalized spacial score (nSPS) is 15.7. The molecular weight excluding hydrogens is 296 g/mol. The zero-order chi connectivity index (χ0) is 17.5. The molecule has 5 nitrogen and oxygen atoms in total. The van der Waals surface area contributed by atoms with Crippen LogP contribution in [0.3, 0.4) is 0 Å². The first-order valence-electron chi connectivity index (χ1n) is 8.91. The maximum Gasteiger partial charge on any atom is 0.303 e. The Morgan fingerprint density at radius 3 is 2.13 bits per heavy atom. The molecule has 3 unspecified atom stereocenters. The van der Waals surface area contributed by atoms with Gasteiger partial charge >= 0.3 is 5.97 Å². The third kappa shape index (κ3) is 14.4. The number of rotatable bonds is 15. The lowest BCUT2D eigenvalue weighted by atomic mass is 10.0. The summed E-state index contributed by atoms with van der Waals surface area (Å²) in [5.41, 5.74) is 0. The SMILES string of the molecule is CCCCCCCCC(O)C(O)/C=C/C(O)CCCCC(=O)O. The van der Waals surface area contributed by atoms with Crippen molar-refractivity contribution >= 4 is 5.97 Å². The van der Waals surface area contributed by atoms with Crippen LogP contribution in [0.1, 0.15) is 77.6 Å². The number of carboxylic acid groups (broad SMARTS) is 1. The van der Waals surface area contributed by atoms with Crippen molar-refractivity contribution in [3.63, 3.8) is 0 Å². The molecule has 0 spiro atoms. The molecule has 0 aliphatic rings. The van der Waals surface area contributed by atoms with Gasteiger partial charge in [-0.15, -0.1) is 0 Å². The Bertz CT molecular complexity index is 317. The molecule has 136 valence electrons. The summed E-state index contributed by atoms with van der Waals surface area (Å²) >= 11 is 0. The number of unbranched alkanes of at least 4 members (excludes halogenated alkanes) is 6. The second-order valence-electron chi connectivity index (χ2n) is 6.21. The van der Waals surface area contributed by atoms with Crippen LogP contribution in [0.15, 0.2) is 12.2 Å². The molecule has 0 aromatic heterocycles. The van der Waals surface area contributed by atoms with Gasteiger partial charge in [-0.2, -0.15) is 0 Å². The van der Waals surface area contributed by atoms with Crippen LogP contribution in [0.2, 0.25) is 0 Å². The number of aliphatic carboxylic acids is 1. The fourth-order valence-electron chi connectivity index (χ4n) is 2.40. The highest BCUT2D eigenvalue weighted by Gasteiger charge is 2.13. The Morgan fingerprint density at radius 2 is 1.48 bits per heavy atom. The van der Waals surface area contributed by atoms with E-state index in [-0.39, 0.29) is 6.42 Å². The molecule has 0 amide bonds. The van der Waals surface area contributed by atoms with Crippen molar-refractivity contribution in [1.29, 1.82) is 0 Å². The van der Waals surface area contributed by atoms with E-state index in [9.17, 15) is 20.1 Å². The third-order valence-corrected chi connectivity index (χ3v) is 3.92. The molecule has 0 heterocycles. The first-order valence-corrected chi connectivity index (χ1v) is 8.91. The minimum atomic E-state index is -0.959. The van der Waals surface area contributed by atoms with Gasteiger partial charge in [0, 0.05) is 6.42 Å². The summed E-state index contributed by atoms with van der Waals surface area (Å²) in [6.07, 6.45) is 9.56. The smallest absolute Gasteiger partial charge is 0.303 e. The van der Waals surface area contributed by atoms with E-state index in [1.54, 1.807) is 0 Å². The van der Waals surface area contributed by atoms with E-state index in [0.717, 1.165) is 12.8 Å². The van der Waals surface area contributed by atoms with Gasteiger partial charge in [0.15, 0.2) is 0 Å². The van der Waals surface area contributed by atoms with Crippen molar-refractivity contribution in [2.45, 2.75) is 95.9 Å². The van der Waals surface area contributed by atoms with E-state index < -0.39 is 24.3 Å². The van der Waals surface area contributed by atoms with Crippen LogP contribution in [-0.4, -0.2) is 44.7 Å². The summed E-state index contributed by atoms with van der Waals surface area (Å²) in [6.45, 7) is 2.17. The van der Waals surface area contributed by atoms with Crippen LogP contribution in [0.5, 0.6) is 0 Å². The van der Waals surface area contributed by atoms with Crippen molar-refractivity contribution in [3.8, 4) is 0 Å². The summed E-state index contributed by atoms with van der Waals surface area (Å²) in [5, 5.41) is 37.9. The molecule has 0 radical (unpaired) electrons. The molecular formula is C18H34O5. The number of carboxylic acids is 1. The molecule has 0 bridgehead atoms. The van der Waals surface area contributed by atoms with Crippen LogP contribution in [0, 0.1) is 0 Å². The summed E-state index contributed by atoms with van der Waals surface area (Å²) in [6, 6.07) is 0. The predicted octanol–water partition coefficient (Wildman–Crippen LogP) is 3.02. The lowest BCUT2D eigenvalue weighted by Crippen LogP contribution is -2.24. The monoisotopic (exact) mass is 330 g/mol. The summed E-state index contributed by atoms with van der Waals surface area (Å²) < 4.78 is 0. The van der Waals surface area contributed by atoms with Gasteiger partial charge in [0.05, 0.1) is 18.3 Å². The van der Waals surface area contributed by atoms with Crippen LogP contribution in [0.4, 0.5) is 0 Å². The summed E-state index contributed by atoms with van der Waals surface area (Å²) in [4.78, 5) is 10.4. The Morgan fingerprint density at radius 1 is 0.870 bits per heavy atom. The molecule has 0 rings (SSSR count). The summed E-state index contributed by atoms with van der Waals surface area (Å²) in [5.74, 6) is -0.830. The highest BCUT2D eigenvalue weighted by molar-refractivity contribution is 5.66. The van der Waals surface area contributed by atoms with Crippen LogP contribution in [-0.2, 0) is 4.79 Å². The molecule has 4 N–H and O–H groups in total. The first kappa shape index (κ1) is 22.1. The average molecular weight is 330 g/mol. The number of carbonyl (C=O) groups is 1. The minimum absolute atomic E-state index is 0.107. The zero-order valence-electron chi connectivity index (χ0n) is 14.4. The van der Waals surface area contributed by atoms with Crippen LogP contribution in [0.25, 0.3) is 0 Å². The molecule has 0 aliphatic heterocycles. The Hall–Kier alpha value is -0.910. The molecule has 0 fully saturated rings. The van der Waals surface area contributed by atoms with Gasteiger partial charge in [-0.05, 0) is 25.7 Å². The van der Waals surface area contributed by atoms with E-state index in [2.05, 4.69) is 6.92 Å². The quantitative estimate of drug-likeness (QED) is 0.273. The molecule has 3 atom stereocenters. The standard InChI is InChI=1S/C18H34O5/c1-2-3-4-5-6-7-11-16(20)17(21)14-13-15(19)10-8-9-12-18(22)23/h13-17,19-21H,2-12H2,1H3,(H,22,23)/b14-13+. The van der Waals surface area contributed by atoms with Crippen molar-refractivity contribution in [1.82, 2.24) is 0 Å². The van der Waals surface area contributed by atoms with Gasteiger partial charge in [-0.3, -0.25) is 4.79 Å². The largest absolute Gasteiger partial charge is 0.481 e. The average Bonchev–Trinajstić information content (AvgIpc) is 2.52. The Balaban J connectivity index is 3.74. The van der Waals surface area contributed by atoms with Gasteiger partial charge in [-0.1, -0.05) is 57.6 Å². The van der Waals surface area contributed by atoms with Gasteiger partial charge in [0.25, 0.3) is 0 Å². The molecule has 0 aromatic rings. The van der Waals surface area contributed by atoms with E-state index in [4.69, 9.17) is 5.11 Å².